The molecule has 1 aromatic heterocycles. The van der Waals surface area contributed by atoms with Crippen LogP contribution in [-0.2, 0) is 9.59 Å². The van der Waals surface area contributed by atoms with E-state index in [0.29, 0.717) is 25.3 Å². The summed E-state index contributed by atoms with van der Waals surface area (Å²) in [7, 11) is 0. The van der Waals surface area contributed by atoms with Crippen molar-refractivity contribution in [3.8, 4) is 0 Å². The van der Waals surface area contributed by atoms with Crippen molar-refractivity contribution >= 4 is 42.4 Å². The zero-order valence-corrected chi connectivity index (χ0v) is 17.3. The van der Waals surface area contributed by atoms with Gasteiger partial charge in [-0.1, -0.05) is 19.4 Å². The standard InChI is InChI=1S/C18H28N4O2.2ClH/c1-4-10-18(3,19)17(24)22-11-6-8-14(12-22)16(23)21-15-9-5-7-13(2)20-15;;/h5,7,9,14H,4,6,8,10-12,19H2,1-3H3,(H,20,21,23);2*1H. The first-order chi connectivity index (χ1) is 11.3. The van der Waals surface area contributed by atoms with E-state index in [1.165, 1.54) is 0 Å². The number of rotatable bonds is 5. The molecule has 0 bridgehead atoms. The quantitative estimate of drug-likeness (QED) is 0.789. The first-order valence-corrected chi connectivity index (χ1v) is 8.66. The van der Waals surface area contributed by atoms with Crippen molar-refractivity contribution in [2.75, 3.05) is 18.4 Å². The highest BCUT2D eigenvalue weighted by Gasteiger charge is 2.36. The summed E-state index contributed by atoms with van der Waals surface area (Å²) in [6.07, 6.45) is 3.09. The van der Waals surface area contributed by atoms with Gasteiger partial charge in [0.1, 0.15) is 5.82 Å². The number of nitrogens with two attached hydrogens (primary N) is 1. The highest BCUT2D eigenvalue weighted by Crippen LogP contribution is 2.22. The van der Waals surface area contributed by atoms with Gasteiger partial charge in [0, 0.05) is 18.8 Å². The molecule has 1 saturated heterocycles. The zero-order chi connectivity index (χ0) is 17.7. The fourth-order valence-corrected chi connectivity index (χ4v) is 3.20. The van der Waals surface area contributed by atoms with E-state index in [1.807, 2.05) is 26.0 Å². The number of hydrogen-bond donors (Lipinski definition) is 2. The minimum absolute atomic E-state index is 0. The molecule has 1 aliphatic heterocycles. The summed E-state index contributed by atoms with van der Waals surface area (Å²) in [5.74, 6) is 0.191. The number of piperidine rings is 1. The number of carbonyl (C=O) groups excluding carboxylic acids is 2. The number of nitrogens with one attached hydrogen (secondary N) is 1. The van der Waals surface area contributed by atoms with Gasteiger partial charge in [0.05, 0.1) is 11.5 Å². The number of likely N-dealkylation sites (tertiary alicyclic amines) is 1. The number of pyridine rings is 1. The van der Waals surface area contributed by atoms with Gasteiger partial charge in [-0.25, -0.2) is 4.98 Å². The Morgan fingerprint density at radius 2 is 2.08 bits per heavy atom. The molecule has 1 fully saturated rings. The Morgan fingerprint density at radius 1 is 1.38 bits per heavy atom. The third-order valence-corrected chi connectivity index (χ3v) is 4.48. The van der Waals surface area contributed by atoms with Crippen LogP contribution < -0.4 is 11.1 Å². The normalized spacial score (nSPS) is 18.8. The van der Waals surface area contributed by atoms with Crippen LogP contribution in [-0.4, -0.2) is 40.3 Å². The smallest absolute Gasteiger partial charge is 0.242 e. The van der Waals surface area contributed by atoms with Crippen LogP contribution in [0.25, 0.3) is 0 Å². The van der Waals surface area contributed by atoms with Gasteiger partial charge in [-0.05, 0) is 45.2 Å². The number of aryl methyl sites for hydroxylation is 1. The van der Waals surface area contributed by atoms with Crippen LogP contribution in [0.2, 0.25) is 0 Å². The third-order valence-electron chi connectivity index (χ3n) is 4.48. The lowest BCUT2D eigenvalue weighted by Gasteiger charge is -2.37. The lowest BCUT2D eigenvalue weighted by molar-refractivity contribution is -0.139. The van der Waals surface area contributed by atoms with Gasteiger partial charge in [0.2, 0.25) is 11.8 Å². The summed E-state index contributed by atoms with van der Waals surface area (Å²) < 4.78 is 0. The average Bonchev–Trinajstić information content (AvgIpc) is 2.54. The molecule has 3 N–H and O–H groups in total. The minimum Gasteiger partial charge on any atom is -0.340 e. The zero-order valence-electron chi connectivity index (χ0n) is 15.7. The molecule has 2 heterocycles. The predicted octanol–water partition coefficient (Wildman–Crippen LogP) is 2.93. The maximum absolute atomic E-state index is 12.6. The summed E-state index contributed by atoms with van der Waals surface area (Å²) in [4.78, 5) is 31.2. The van der Waals surface area contributed by atoms with Crippen molar-refractivity contribution < 1.29 is 9.59 Å². The lowest BCUT2D eigenvalue weighted by atomic mass is 9.91. The van der Waals surface area contributed by atoms with Gasteiger partial charge in [-0.3, -0.25) is 9.59 Å². The number of aromatic nitrogens is 1. The largest absolute Gasteiger partial charge is 0.340 e. The molecule has 8 heteroatoms. The van der Waals surface area contributed by atoms with Crippen molar-refractivity contribution in [2.24, 2.45) is 11.7 Å². The van der Waals surface area contributed by atoms with Crippen molar-refractivity contribution in [1.29, 1.82) is 0 Å². The number of hydrogen-bond acceptors (Lipinski definition) is 4. The van der Waals surface area contributed by atoms with Crippen LogP contribution in [0.3, 0.4) is 0 Å². The van der Waals surface area contributed by atoms with Crippen LogP contribution in [0.5, 0.6) is 0 Å². The first-order valence-electron chi connectivity index (χ1n) is 8.66. The SMILES string of the molecule is CCCC(C)(N)C(=O)N1CCCC(C(=O)Nc2cccc(C)n2)C1.Cl.Cl. The maximum Gasteiger partial charge on any atom is 0.242 e. The van der Waals surface area contributed by atoms with Crippen LogP contribution in [0.4, 0.5) is 5.82 Å². The number of nitrogens with zero attached hydrogens (tertiary/aromatic N) is 2. The molecule has 148 valence electrons. The predicted molar refractivity (Wildman–Crippen MR) is 109 cm³/mol. The number of amides is 2. The topological polar surface area (TPSA) is 88.3 Å². The molecule has 0 aliphatic carbocycles. The number of anilines is 1. The molecule has 0 radical (unpaired) electrons. The van der Waals surface area contributed by atoms with E-state index in [-0.39, 0.29) is 42.5 Å². The molecule has 1 aliphatic rings. The van der Waals surface area contributed by atoms with Gasteiger partial charge in [-0.15, -0.1) is 24.8 Å². The summed E-state index contributed by atoms with van der Waals surface area (Å²) >= 11 is 0. The second kappa shape index (κ2) is 10.7. The molecule has 0 saturated carbocycles. The highest BCUT2D eigenvalue weighted by atomic mass is 35.5. The fraction of sp³-hybridized carbons (Fsp3) is 0.611. The molecular formula is C18H30Cl2N4O2. The van der Waals surface area contributed by atoms with E-state index in [2.05, 4.69) is 10.3 Å². The number of halogens is 2. The summed E-state index contributed by atoms with van der Waals surface area (Å²) in [6, 6.07) is 5.51. The third kappa shape index (κ3) is 6.41. The van der Waals surface area contributed by atoms with E-state index < -0.39 is 5.54 Å². The summed E-state index contributed by atoms with van der Waals surface area (Å²) in [5, 5.41) is 2.86. The average molecular weight is 405 g/mol. The molecule has 6 nitrogen and oxygen atoms in total. The van der Waals surface area contributed by atoms with Gasteiger partial charge < -0.3 is 16.0 Å². The van der Waals surface area contributed by atoms with Crippen molar-refractivity contribution in [1.82, 2.24) is 9.88 Å². The van der Waals surface area contributed by atoms with Crippen LogP contribution in [0.1, 0.15) is 45.2 Å². The Morgan fingerprint density at radius 3 is 2.69 bits per heavy atom. The number of carbonyl (C=O) groups is 2. The second-order valence-electron chi connectivity index (χ2n) is 6.91. The molecule has 0 spiro atoms. The lowest BCUT2D eigenvalue weighted by Crippen LogP contribution is -2.56. The molecule has 2 rings (SSSR count). The van der Waals surface area contributed by atoms with Gasteiger partial charge >= 0.3 is 0 Å². The van der Waals surface area contributed by atoms with E-state index in [9.17, 15) is 9.59 Å². The Kier molecular flexibility index (Phi) is 10.1. The van der Waals surface area contributed by atoms with Crippen molar-refractivity contribution in [3.63, 3.8) is 0 Å². The van der Waals surface area contributed by atoms with Crippen LogP contribution in [0.15, 0.2) is 18.2 Å². The first kappa shape index (κ1) is 24.6. The van der Waals surface area contributed by atoms with E-state index in [1.54, 1.807) is 17.9 Å². The monoisotopic (exact) mass is 404 g/mol. The molecular weight excluding hydrogens is 375 g/mol. The fourth-order valence-electron chi connectivity index (χ4n) is 3.20. The molecule has 1 aromatic rings. The molecule has 26 heavy (non-hydrogen) atoms. The molecule has 2 amide bonds. The molecule has 2 atom stereocenters. The highest BCUT2D eigenvalue weighted by molar-refractivity contribution is 5.93. The molecule has 2 unspecified atom stereocenters. The Hall–Kier alpha value is -1.37. The Labute approximate surface area is 168 Å². The second-order valence-corrected chi connectivity index (χ2v) is 6.91. The van der Waals surface area contributed by atoms with E-state index in [4.69, 9.17) is 5.73 Å². The maximum atomic E-state index is 12.6. The van der Waals surface area contributed by atoms with Gasteiger partial charge in [0.15, 0.2) is 0 Å². The van der Waals surface area contributed by atoms with Gasteiger partial charge in [-0.2, -0.15) is 0 Å². The van der Waals surface area contributed by atoms with Crippen molar-refractivity contribution in [3.05, 3.63) is 23.9 Å². The van der Waals surface area contributed by atoms with Crippen LogP contribution >= 0.6 is 24.8 Å². The Balaban J connectivity index is 0.00000312. The van der Waals surface area contributed by atoms with Crippen LogP contribution in [0, 0.1) is 12.8 Å². The Bertz CT molecular complexity index is 611. The summed E-state index contributed by atoms with van der Waals surface area (Å²) in [6.45, 7) is 6.76. The van der Waals surface area contributed by atoms with Gasteiger partial charge in [0.25, 0.3) is 0 Å². The summed E-state index contributed by atoms with van der Waals surface area (Å²) in [5.41, 5.74) is 6.16. The minimum atomic E-state index is -0.856. The van der Waals surface area contributed by atoms with E-state index >= 15 is 0 Å². The van der Waals surface area contributed by atoms with Crippen molar-refractivity contribution in [2.45, 2.75) is 52.0 Å². The van der Waals surface area contributed by atoms with E-state index in [0.717, 1.165) is 25.0 Å². The molecule has 0 aromatic carbocycles.